The van der Waals surface area contributed by atoms with Gasteiger partial charge in [0, 0.05) is 38.0 Å². The minimum absolute atomic E-state index is 0.121. The summed E-state index contributed by atoms with van der Waals surface area (Å²) in [5.74, 6) is 1.45. The van der Waals surface area contributed by atoms with Gasteiger partial charge in [0.05, 0.1) is 0 Å². The van der Waals surface area contributed by atoms with Crippen LogP contribution in [0.1, 0.15) is 55.6 Å². The lowest BCUT2D eigenvalue weighted by atomic mass is 9.76. The summed E-state index contributed by atoms with van der Waals surface area (Å²) in [6.45, 7) is 3.14. The Hall–Kier alpha value is -1.85. The molecule has 1 aromatic carbocycles. The van der Waals surface area contributed by atoms with Crippen molar-refractivity contribution in [3.05, 3.63) is 52.2 Å². The Kier molecular flexibility index (Phi) is 4.89. The molecule has 4 nitrogen and oxygen atoms in total. The number of amides is 1. The molecular weight excluding hydrogens is 368 g/mol. The van der Waals surface area contributed by atoms with Crippen LogP contribution in [0, 0.1) is 0 Å². The van der Waals surface area contributed by atoms with Crippen LogP contribution in [0.25, 0.3) is 0 Å². The number of rotatable bonds is 5. The van der Waals surface area contributed by atoms with E-state index in [9.17, 15) is 4.79 Å². The van der Waals surface area contributed by atoms with Gasteiger partial charge >= 0.3 is 0 Å². The predicted molar refractivity (Wildman–Crippen MR) is 112 cm³/mol. The van der Waals surface area contributed by atoms with E-state index in [4.69, 9.17) is 4.74 Å². The van der Waals surface area contributed by atoms with Gasteiger partial charge in [0.1, 0.15) is 11.4 Å². The first-order valence-corrected chi connectivity index (χ1v) is 11.4. The molecule has 3 aliphatic rings. The zero-order valence-corrected chi connectivity index (χ0v) is 17.0. The van der Waals surface area contributed by atoms with Crippen molar-refractivity contribution in [3.8, 4) is 5.75 Å². The largest absolute Gasteiger partial charge is 0.487 e. The Bertz CT molecular complexity index is 823. The van der Waals surface area contributed by atoms with E-state index < -0.39 is 0 Å². The normalized spacial score (nSPS) is 23.8. The van der Waals surface area contributed by atoms with Gasteiger partial charge in [-0.3, -0.25) is 9.69 Å². The molecule has 1 atom stereocenters. The van der Waals surface area contributed by atoms with Gasteiger partial charge in [-0.1, -0.05) is 18.2 Å². The summed E-state index contributed by atoms with van der Waals surface area (Å²) < 4.78 is 6.59. The molecule has 5 rings (SSSR count). The monoisotopic (exact) mass is 396 g/mol. The quantitative estimate of drug-likeness (QED) is 0.818. The fourth-order valence-corrected chi connectivity index (χ4v) is 5.39. The van der Waals surface area contributed by atoms with Crippen LogP contribution in [0.4, 0.5) is 0 Å². The minimum atomic E-state index is -0.121. The second kappa shape index (κ2) is 7.53. The fourth-order valence-electron chi connectivity index (χ4n) is 4.73. The molecule has 1 unspecified atom stereocenters. The van der Waals surface area contributed by atoms with E-state index in [0.29, 0.717) is 12.5 Å². The lowest BCUT2D eigenvalue weighted by molar-refractivity contribution is -0.122. The Labute approximate surface area is 170 Å². The fraction of sp³-hybridized carbons (Fsp3) is 0.522. The summed E-state index contributed by atoms with van der Waals surface area (Å²) in [6.07, 6.45) is 5.88. The molecular formula is C23H28N2O2S. The maximum Gasteiger partial charge on any atom is 0.220 e. The van der Waals surface area contributed by atoms with Gasteiger partial charge in [-0.2, -0.15) is 11.3 Å². The minimum Gasteiger partial charge on any atom is -0.487 e. The van der Waals surface area contributed by atoms with Crippen molar-refractivity contribution < 1.29 is 9.53 Å². The van der Waals surface area contributed by atoms with Crippen LogP contribution >= 0.6 is 11.3 Å². The van der Waals surface area contributed by atoms with Crippen molar-refractivity contribution in [2.24, 2.45) is 0 Å². The van der Waals surface area contributed by atoms with Gasteiger partial charge in [0.2, 0.25) is 5.91 Å². The van der Waals surface area contributed by atoms with Crippen molar-refractivity contribution in [1.29, 1.82) is 0 Å². The Morgan fingerprint density at radius 1 is 1.21 bits per heavy atom. The van der Waals surface area contributed by atoms with Gasteiger partial charge in [0.15, 0.2) is 0 Å². The molecule has 2 fully saturated rings. The Balaban J connectivity index is 1.28. The highest BCUT2D eigenvalue weighted by Gasteiger charge is 2.43. The third-order valence-electron chi connectivity index (χ3n) is 6.43. The number of hydrogen-bond donors (Lipinski definition) is 1. The van der Waals surface area contributed by atoms with Crippen LogP contribution in [-0.4, -0.2) is 35.5 Å². The molecule has 28 heavy (non-hydrogen) atoms. The average molecular weight is 397 g/mol. The number of carbonyl (C=O) groups is 1. The number of hydrogen-bond acceptors (Lipinski definition) is 4. The number of likely N-dealkylation sites (tertiary alicyclic amines) is 1. The van der Waals surface area contributed by atoms with Gasteiger partial charge in [-0.15, -0.1) is 0 Å². The molecule has 0 bridgehead atoms. The van der Waals surface area contributed by atoms with Crippen molar-refractivity contribution in [2.75, 3.05) is 13.1 Å². The van der Waals surface area contributed by atoms with E-state index in [0.717, 1.165) is 57.5 Å². The van der Waals surface area contributed by atoms with Crippen molar-refractivity contribution >= 4 is 17.2 Å². The summed E-state index contributed by atoms with van der Waals surface area (Å²) in [5, 5.41) is 7.56. The number of nitrogens with zero attached hydrogens (tertiary/aromatic N) is 1. The maximum atomic E-state index is 12.5. The molecule has 148 valence electrons. The summed E-state index contributed by atoms with van der Waals surface area (Å²) in [7, 11) is 0. The molecule has 1 amide bonds. The number of carbonyl (C=O) groups excluding carboxylic acids is 1. The summed E-state index contributed by atoms with van der Waals surface area (Å²) in [6, 6.07) is 11.0. The molecule has 0 radical (unpaired) electrons. The lowest BCUT2D eigenvalue weighted by Crippen LogP contribution is -2.50. The van der Waals surface area contributed by atoms with Gasteiger partial charge < -0.3 is 10.1 Å². The first kappa shape index (κ1) is 18.2. The number of piperidine rings is 1. The van der Waals surface area contributed by atoms with E-state index >= 15 is 0 Å². The molecule has 1 aliphatic carbocycles. The van der Waals surface area contributed by atoms with Crippen LogP contribution in [0.15, 0.2) is 41.1 Å². The first-order valence-electron chi connectivity index (χ1n) is 10.5. The lowest BCUT2D eigenvalue weighted by Gasteiger charge is -2.47. The number of fused-ring (bicyclic) bond motifs is 1. The number of benzene rings is 1. The van der Waals surface area contributed by atoms with Crippen LogP contribution in [0.5, 0.6) is 5.75 Å². The van der Waals surface area contributed by atoms with Crippen molar-refractivity contribution in [1.82, 2.24) is 10.2 Å². The smallest absolute Gasteiger partial charge is 0.220 e. The Morgan fingerprint density at radius 3 is 2.79 bits per heavy atom. The first-order chi connectivity index (χ1) is 13.7. The number of para-hydroxylation sites is 1. The van der Waals surface area contributed by atoms with E-state index in [1.54, 1.807) is 11.3 Å². The molecule has 1 saturated carbocycles. The highest BCUT2D eigenvalue weighted by atomic mass is 32.1. The van der Waals surface area contributed by atoms with Gasteiger partial charge in [-0.25, -0.2) is 0 Å². The van der Waals surface area contributed by atoms with Crippen LogP contribution in [0.3, 0.4) is 0 Å². The zero-order chi connectivity index (χ0) is 19.0. The number of nitrogens with one attached hydrogen (secondary N) is 1. The number of thiophene rings is 1. The summed E-state index contributed by atoms with van der Waals surface area (Å²) in [4.78, 5) is 15.0. The molecule has 1 spiro atoms. The Morgan fingerprint density at radius 2 is 2.04 bits per heavy atom. The van der Waals surface area contributed by atoms with Gasteiger partial charge in [-0.05, 0) is 66.1 Å². The molecule has 5 heteroatoms. The molecule has 1 aromatic heterocycles. The average Bonchev–Trinajstić information content (AvgIpc) is 3.35. The molecule has 1 saturated heterocycles. The highest BCUT2D eigenvalue weighted by molar-refractivity contribution is 7.07. The third-order valence-corrected chi connectivity index (χ3v) is 7.16. The van der Waals surface area contributed by atoms with Crippen LogP contribution < -0.4 is 10.1 Å². The third kappa shape index (κ3) is 3.96. The van der Waals surface area contributed by atoms with Crippen molar-refractivity contribution in [2.45, 2.75) is 62.6 Å². The van der Waals surface area contributed by atoms with Crippen LogP contribution in [0.2, 0.25) is 0 Å². The molecule has 2 aliphatic heterocycles. The van der Waals surface area contributed by atoms with Crippen molar-refractivity contribution in [3.63, 3.8) is 0 Å². The highest BCUT2D eigenvalue weighted by Crippen LogP contribution is 2.46. The molecule has 1 N–H and O–H groups in total. The SMILES string of the molecule is O=C(CC1CC2(CCN(Cc3ccsc3)CC2)Oc2ccccc21)NC1CC1. The zero-order valence-electron chi connectivity index (χ0n) is 16.2. The summed E-state index contributed by atoms with van der Waals surface area (Å²) in [5.41, 5.74) is 2.49. The van der Waals surface area contributed by atoms with E-state index in [2.05, 4.69) is 45.2 Å². The number of ether oxygens (including phenoxy) is 1. The predicted octanol–water partition coefficient (Wildman–Crippen LogP) is 4.32. The second-order valence-corrected chi connectivity index (χ2v) is 9.46. The van der Waals surface area contributed by atoms with Gasteiger partial charge in [0.25, 0.3) is 0 Å². The van der Waals surface area contributed by atoms with Crippen LogP contribution in [-0.2, 0) is 11.3 Å². The van der Waals surface area contributed by atoms with E-state index in [1.165, 1.54) is 11.1 Å². The maximum absolute atomic E-state index is 12.5. The topological polar surface area (TPSA) is 41.6 Å². The van der Waals surface area contributed by atoms with E-state index in [1.807, 2.05) is 6.07 Å². The van der Waals surface area contributed by atoms with E-state index in [-0.39, 0.29) is 17.4 Å². The standard InChI is InChI=1S/C23H28N2O2S/c26-22(24-19-5-6-19)13-18-14-23(27-21-4-2-1-3-20(18)21)8-10-25(11-9-23)15-17-7-12-28-16-17/h1-4,7,12,16,18-19H,5-6,8-11,13-15H2,(H,24,26). The summed E-state index contributed by atoms with van der Waals surface area (Å²) >= 11 is 1.77. The second-order valence-electron chi connectivity index (χ2n) is 8.68. The molecule has 3 heterocycles. The molecule has 2 aromatic rings.